The molecule has 1 heterocycles. The summed E-state index contributed by atoms with van der Waals surface area (Å²) in [5.74, 6) is 0.331. The monoisotopic (exact) mass is 254 g/mol. The molecule has 0 saturated heterocycles. The molecule has 0 aliphatic heterocycles. The van der Waals surface area contributed by atoms with Crippen molar-refractivity contribution in [2.45, 2.75) is 13.8 Å². The van der Waals surface area contributed by atoms with Crippen LogP contribution in [0.2, 0.25) is 0 Å². The first-order valence-electron chi connectivity index (χ1n) is 4.08. The maximum absolute atomic E-state index is 11.7. The molecule has 0 spiro atoms. The topological polar surface area (TPSA) is 47.3 Å². The second-order valence-corrected chi connectivity index (χ2v) is 4.03. The number of hydrogen-bond donors (Lipinski definition) is 0. The summed E-state index contributed by atoms with van der Waals surface area (Å²) in [6.45, 7) is 3.51. The summed E-state index contributed by atoms with van der Waals surface area (Å²) < 4.78 is 5.52. The van der Waals surface area contributed by atoms with Gasteiger partial charge in [0.2, 0.25) is 11.6 Å². The Bertz CT molecular complexity index is 480. The molecule has 1 aliphatic rings. The molecule has 0 radical (unpaired) electrons. The number of halogens is 1. The Hall–Kier alpha value is -1.16. The SMILES string of the molecule is Cc1oc2c(c1C)C(=O)C(Br)=CC2=O. The number of fused-ring (bicyclic) bond motifs is 1. The van der Waals surface area contributed by atoms with Crippen molar-refractivity contribution in [2.75, 3.05) is 0 Å². The molecule has 0 unspecified atom stereocenters. The molecular weight excluding hydrogens is 248 g/mol. The molecule has 0 amide bonds. The Kier molecular flexibility index (Phi) is 1.96. The number of Topliss-reactive ketones (excluding diaryl/α,β-unsaturated/α-hetero) is 1. The summed E-state index contributed by atoms with van der Waals surface area (Å²) in [5, 5.41) is 0. The number of rotatable bonds is 0. The highest BCUT2D eigenvalue weighted by molar-refractivity contribution is 9.12. The van der Waals surface area contributed by atoms with Crippen LogP contribution in [0.25, 0.3) is 0 Å². The van der Waals surface area contributed by atoms with E-state index < -0.39 is 0 Å². The minimum Gasteiger partial charge on any atom is -0.457 e. The van der Waals surface area contributed by atoms with Crippen molar-refractivity contribution in [3.8, 4) is 0 Å². The molecular formula is C10H7BrO3. The van der Waals surface area contributed by atoms with Crippen LogP contribution >= 0.6 is 15.9 Å². The highest BCUT2D eigenvalue weighted by atomic mass is 79.9. The van der Waals surface area contributed by atoms with Gasteiger partial charge in [-0.2, -0.15) is 0 Å². The molecule has 0 bridgehead atoms. The van der Waals surface area contributed by atoms with Crippen LogP contribution in [0.3, 0.4) is 0 Å². The second kappa shape index (κ2) is 2.92. The van der Waals surface area contributed by atoms with Crippen LogP contribution in [0.1, 0.15) is 32.2 Å². The summed E-state index contributed by atoms with van der Waals surface area (Å²) in [4.78, 5) is 23.1. The van der Waals surface area contributed by atoms with Crippen molar-refractivity contribution in [1.29, 1.82) is 0 Å². The minimum atomic E-state index is -0.261. The average Bonchev–Trinajstić information content (AvgIpc) is 2.41. The first-order valence-corrected chi connectivity index (χ1v) is 4.88. The third-order valence-corrected chi connectivity index (χ3v) is 2.90. The Morgan fingerprint density at radius 1 is 1.29 bits per heavy atom. The lowest BCUT2D eigenvalue weighted by Gasteiger charge is -2.05. The lowest BCUT2D eigenvalue weighted by molar-refractivity contribution is 0.0972. The Balaban J connectivity index is 2.75. The molecule has 0 aromatic carbocycles. The fraction of sp³-hybridized carbons (Fsp3) is 0.200. The van der Waals surface area contributed by atoms with Gasteiger partial charge in [-0.25, -0.2) is 0 Å². The van der Waals surface area contributed by atoms with E-state index in [0.717, 1.165) is 5.56 Å². The van der Waals surface area contributed by atoms with Gasteiger partial charge < -0.3 is 4.42 Å². The minimum absolute atomic E-state index is 0.160. The molecule has 4 heteroatoms. The standard InChI is InChI=1S/C10H7BrO3/c1-4-5(2)14-10-7(12)3-6(11)9(13)8(4)10/h3H,1-2H3. The van der Waals surface area contributed by atoms with E-state index in [1.807, 2.05) is 0 Å². The summed E-state index contributed by atoms with van der Waals surface area (Å²) in [6.07, 6.45) is 1.24. The maximum atomic E-state index is 11.7. The van der Waals surface area contributed by atoms with E-state index in [9.17, 15) is 9.59 Å². The number of allylic oxidation sites excluding steroid dienone is 2. The lowest BCUT2D eigenvalue weighted by Crippen LogP contribution is -2.12. The molecule has 0 atom stereocenters. The third-order valence-electron chi connectivity index (χ3n) is 2.31. The molecule has 2 rings (SSSR count). The number of hydrogen-bond acceptors (Lipinski definition) is 3. The normalized spacial score (nSPS) is 15.5. The van der Waals surface area contributed by atoms with Crippen molar-refractivity contribution >= 4 is 27.5 Å². The van der Waals surface area contributed by atoms with Gasteiger partial charge in [-0.15, -0.1) is 0 Å². The zero-order chi connectivity index (χ0) is 10.5. The van der Waals surface area contributed by atoms with Crippen LogP contribution in [0.5, 0.6) is 0 Å². The predicted molar refractivity (Wildman–Crippen MR) is 53.9 cm³/mol. The van der Waals surface area contributed by atoms with E-state index in [-0.39, 0.29) is 17.3 Å². The van der Waals surface area contributed by atoms with Gasteiger partial charge in [0, 0.05) is 11.6 Å². The zero-order valence-corrected chi connectivity index (χ0v) is 9.27. The summed E-state index contributed by atoms with van der Waals surface area (Å²) >= 11 is 3.06. The van der Waals surface area contributed by atoms with Crippen molar-refractivity contribution in [2.24, 2.45) is 0 Å². The van der Waals surface area contributed by atoms with Crippen LogP contribution in [0, 0.1) is 13.8 Å². The molecule has 3 nitrogen and oxygen atoms in total. The summed E-state index contributed by atoms with van der Waals surface area (Å²) in [6, 6.07) is 0. The molecule has 1 aromatic heterocycles. The maximum Gasteiger partial charge on any atom is 0.223 e. The first-order chi connectivity index (χ1) is 6.52. The van der Waals surface area contributed by atoms with E-state index in [1.165, 1.54) is 6.08 Å². The largest absolute Gasteiger partial charge is 0.457 e. The highest BCUT2D eigenvalue weighted by Crippen LogP contribution is 2.30. The predicted octanol–water partition coefficient (Wildman–Crippen LogP) is 2.55. The van der Waals surface area contributed by atoms with Crippen molar-refractivity contribution in [3.05, 3.63) is 33.2 Å². The van der Waals surface area contributed by atoms with Gasteiger partial charge in [0.25, 0.3) is 0 Å². The summed E-state index contributed by atoms with van der Waals surface area (Å²) in [7, 11) is 0. The Morgan fingerprint density at radius 2 is 1.93 bits per heavy atom. The van der Waals surface area contributed by atoms with Crippen molar-refractivity contribution in [1.82, 2.24) is 0 Å². The van der Waals surface area contributed by atoms with Gasteiger partial charge >= 0.3 is 0 Å². The Labute approximate surface area is 88.9 Å². The lowest BCUT2D eigenvalue weighted by atomic mass is 9.99. The molecule has 72 valence electrons. The molecule has 0 saturated carbocycles. The Morgan fingerprint density at radius 3 is 2.57 bits per heavy atom. The molecule has 14 heavy (non-hydrogen) atoms. The van der Waals surface area contributed by atoms with Crippen LogP contribution in [-0.2, 0) is 0 Å². The number of ketones is 2. The van der Waals surface area contributed by atoms with Gasteiger partial charge in [-0.3, -0.25) is 9.59 Å². The van der Waals surface area contributed by atoms with Crippen LogP contribution in [0.4, 0.5) is 0 Å². The fourth-order valence-electron chi connectivity index (χ4n) is 1.44. The molecule has 0 N–H and O–H groups in total. The highest BCUT2D eigenvalue weighted by Gasteiger charge is 2.30. The fourth-order valence-corrected chi connectivity index (χ4v) is 1.85. The van der Waals surface area contributed by atoms with E-state index >= 15 is 0 Å². The number of furan rings is 1. The van der Waals surface area contributed by atoms with E-state index in [1.54, 1.807) is 13.8 Å². The zero-order valence-electron chi connectivity index (χ0n) is 7.68. The third kappa shape index (κ3) is 1.10. The quantitative estimate of drug-likeness (QED) is 0.715. The van der Waals surface area contributed by atoms with Crippen molar-refractivity contribution in [3.63, 3.8) is 0 Å². The number of carbonyl (C=O) groups excluding carboxylic acids is 2. The van der Waals surface area contributed by atoms with Gasteiger partial charge in [-0.05, 0) is 29.8 Å². The van der Waals surface area contributed by atoms with Gasteiger partial charge in [0.05, 0.1) is 10.0 Å². The second-order valence-electron chi connectivity index (χ2n) is 3.17. The first kappa shape index (κ1) is 9.40. The average molecular weight is 255 g/mol. The molecule has 1 aliphatic carbocycles. The number of aryl methyl sites for hydroxylation is 1. The number of carbonyl (C=O) groups is 2. The van der Waals surface area contributed by atoms with E-state index in [2.05, 4.69) is 15.9 Å². The van der Waals surface area contributed by atoms with E-state index in [0.29, 0.717) is 15.8 Å². The molecule has 1 aromatic rings. The van der Waals surface area contributed by atoms with Crippen LogP contribution < -0.4 is 0 Å². The van der Waals surface area contributed by atoms with Gasteiger partial charge in [0.15, 0.2) is 5.76 Å². The van der Waals surface area contributed by atoms with Crippen LogP contribution in [-0.4, -0.2) is 11.6 Å². The van der Waals surface area contributed by atoms with Gasteiger partial charge in [0.1, 0.15) is 5.76 Å². The van der Waals surface area contributed by atoms with E-state index in [4.69, 9.17) is 4.42 Å². The summed E-state index contributed by atoms with van der Waals surface area (Å²) in [5.41, 5.74) is 1.13. The molecule has 0 fully saturated rings. The van der Waals surface area contributed by atoms with Crippen LogP contribution in [0.15, 0.2) is 15.0 Å². The van der Waals surface area contributed by atoms with Crippen molar-refractivity contribution < 1.29 is 14.0 Å². The van der Waals surface area contributed by atoms with Gasteiger partial charge in [-0.1, -0.05) is 0 Å². The smallest absolute Gasteiger partial charge is 0.223 e.